The highest BCUT2D eigenvalue weighted by atomic mass is 16.6. The highest BCUT2D eigenvalue weighted by molar-refractivity contribution is 5.94. The Morgan fingerprint density at radius 2 is 1.81 bits per heavy atom. The minimum absolute atomic E-state index is 0.0261. The Balaban J connectivity index is 2.03. The van der Waals surface area contributed by atoms with Crippen LogP contribution in [0.4, 0.5) is 5.69 Å². The van der Waals surface area contributed by atoms with Crippen molar-refractivity contribution in [3.63, 3.8) is 0 Å². The SMILES string of the molecule is CCOC(=O)C(Cc1ccccc1)NC(=O)/C=C/c1ccc([N+](=O)[O-])cc1. The molecule has 1 amide bonds. The van der Waals surface area contributed by atoms with E-state index in [1.807, 2.05) is 30.3 Å². The number of non-ortho nitro benzene ring substituents is 1. The molecule has 2 aromatic rings. The maximum Gasteiger partial charge on any atom is 0.328 e. The molecule has 0 aliphatic carbocycles. The molecule has 2 aromatic carbocycles. The van der Waals surface area contributed by atoms with E-state index in [1.165, 1.54) is 36.4 Å². The first-order valence-corrected chi connectivity index (χ1v) is 8.43. The number of nitro benzene ring substituents is 1. The van der Waals surface area contributed by atoms with Gasteiger partial charge in [-0.2, -0.15) is 0 Å². The molecule has 7 heteroatoms. The Morgan fingerprint density at radius 1 is 1.15 bits per heavy atom. The molecule has 2 rings (SSSR count). The summed E-state index contributed by atoms with van der Waals surface area (Å²) >= 11 is 0. The van der Waals surface area contributed by atoms with Gasteiger partial charge in [0.05, 0.1) is 11.5 Å². The lowest BCUT2D eigenvalue weighted by molar-refractivity contribution is -0.384. The first kappa shape index (κ1) is 19.8. The van der Waals surface area contributed by atoms with Crippen LogP contribution in [-0.4, -0.2) is 29.4 Å². The van der Waals surface area contributed by atoms with E-state index in [-0.39, 0.29) is 12.3 Å². The van der Waals surface area contributed by atoms with Crippen molar-refractivity contribution in [2.45, 2.75) is 19.4 Å². The van der Waals surface area contributed by atoms with Gasteiger partial charge in [0.25, 0.3) is 5.69 Å². The molecule has 0 bridgehead atoms. The van der Waals surface area contributed by atoms with Crippen molar-refractivity contribution in [1.29, 1.82) is 0 Å². The lowest BCUT2D eigenvalue weighted by Crippen LogP contribution is -2.42. The highest BCUT2D eigenvalue weighted by Gasteiger charge is 2.21. The topological polar surface area (TPSA) is 98.5 Å². The second-order valence-electron chi connectivity index (χ2n) is 5.68. The van der Waals surface area contributed by atoms with Crippen molar-refractivity contribution in [3.8, 4) is 0 Å². The van der Waals surface area contributed by atoms with Crippen molar-refractivity contribution < 1.29 is 19.2 Å². The van der Waals surface area contributed by atoms with Gasteiger partial charge in [-0.05, 0) is 36.3 Å². The Hall–Kier alpha value is -3.48. The van der Waals surface area contributed by atoms with Gasteiger partial charge in [0.2, 0.25) is 5.91 Å². The number of benzene rings is 2. The number of esters is 1. The van der Waals surface area contributed by atoms with Gasteiger partial charge in [-0.1, -0.05) is 30.3 Å². The number of nitrogens with one attached hydrogen (secondary N) is 1. The number of ether oxygens (including phenoxy) is 1. The van der Waals surface area contributed by atoms with Crippen LogP contribution in [-0.2, 0) is 20.7 Å². The van der Waals surface area contributed by atoms with Crippen LogP contribution in [0.3, 0.4) is 0 Å². The maximum absolute atomic E-state index is 12.2. The van der Waals surface area contributed by atoms with E-state index in [9.17, 15) is 19.7 Å². The van der Waals surface area contributed by atoms with E-state index in [0.29, 0.717) is 12.0 Å². The molecule has 7 nitrogen and oxygen atoms in total. The van der Waals surface area contributed by atoms with Crippen LogP contribution in [0.15, 0.2) is 60.7 Å². The van der Waals surface area contributed by atoms with Crippen LogP contribution in [0.2, 0.25) is 0 Å². The van der Waals surface area contributed by atoms with Gasteiger partial charge in [-0.25, -0.2) is 4.79 Å². The van der Waals surface area contributed by atoms with E-state index < -0.39 is 22.8 Å². The van der Waals surface area contributed by atoms with E-state index >= 15 is 0 Å². The number of amides is 1. The Labute approximate surface area is 156 Å². The molecule has 0 saturated heterocycles. The number of hydrogen-bond donors (Lipinski definition) is 1. The Bertz CT molecular complexity index is 816. The van der Waals surface area contributed by atoms with Crippen LogP contribution >= 0.6 is 0 Å². The molecule has 0 aliphatic rings. The predicted octanol–water partition coefficient (Wildman–Crippen LogP) is 2.90. The zero-order chi connectivity index (χ0) is 19.6. The largest absolute Gasteiger partial charge is 0.464 e. The van der Waals surface area contributed by atoms with Gasteiger partial charge in [-0.3, -0.25) is 14.9 Å². The molecule has 1 atom stereocenters. The van der Waals surface area contributed by atoms with Crippen molar-refractivity contribution >= 4 is 23.6 Å². The highest BCUT2D eigenvalue weighted by Crippen LogP contribution is 2.13. The standard InChI is InChI=1S/C20H20N2O5/c1-2-27-20(24)18(14-16-6-4-3-5-7-16)21-19(23)13-10-15-8-11-17(12-9-15)22(25)26/h3-13,18H,2,14H2,1H3,(H,21,23)/b13-10+. The molecule has 140 valence electrons. The predicted molar refractivity (Wildman–Crippen MR) is 101 cm³/mol. The van der Waals surface area contributed by atoms with Crippen molar-refractivity contribution in [1.82, 2.24) is 5.32 Å². The van der Waals surface area contributed by atoms with Crippen molar-refractivity contribution in [2.24, 2.45) is 0 Å². The summed E-state index contributed by atoms with van der Waals surface area (Å²) in [5.41, 5.74) is 1.50. The third-order valence-electron chi connectivity index (χ3n) is 3.70. The quantitative estimate of drug-likeness (QED) is 0.334. The van der Waals surface area contributed by atoms with Gasteiger partial charge >= 0.3 is 5.97 Å². The van der Waals surface area contributed by atoms with E-state index in [1.54, 1.807) is 6.92 Å². The molecule has 1 N–H and O–H groups in total. The molecule has 1 unspecified atom stereocenters. The third-order valence-corrected chi connectivity index (χ3v) is 3.70. The van der Waals surface area contributed by atoms with Crippen molar-refractivity contribution in [2.75, 3.05) is 6.61 Å². The number of nitro groups is 1. The van der Waals surface area contributed by atoms with E-state index in [4.69, 9.17) is 4.74 Å². The number of hydrogen-bond acceptors (Lipinski definition) is 5. The van der Waals surface area contributed by atoms with Gasteiger partial charge in [-0.15, -0.1) is 0 Å². The fourth-order valence-corrected chi connectivity index (χ4v) is 2.38. The lowest BCUT2D eigenvalue weighted by atomic mass is 10.1. The molecular weight excluding hydrogens is 348 g/mol. The zero-order valence-electron chi connectivity index (χ0n) is 14.8. The first-order chi connectivity index (χ1) is 13.0. The van der Waals surface area contributed by atoms with Gasteiger partial charge < -0.3 is 10.1 Å². The average molecular weight is 368 g/mol. The van der Waals surface area contributed by atoms with Crippen molar-refractivity contribution in [3.05, 3.63) is 81.9 Å². The van der Waals surface area contributed by atoms with Crippen LogP contribution < -0.4 is 5.32 Å². The summed E-state index contributed by atoms with van der Waals surface area (Å²) in [5, 5.41) is 13.3. The van der Waals surface area contributed by atoms with Gasteiger partial charge in [0.1, 0.15) is 6.04 Å². The summed E-state index contributed by atoms with van der Waals surface area (Å²) in [4.78, 5) is 34.5. The summed E-state index contributed by atoms with van der Waals surface area (Å²) in [6.45, 7) is 1.92. The second kappa shape index (κ2) is 9.86. The number of carbonyl (C=O) groups excluding carboxylic acids is 2. The van der Waals surface area contributed by atoms with Crippen LogP contribution in [0.1, 0.15) is 18.1 Å². The molecule has 0 spiro atoms. The summed E-state index contributed by atoms with van der Waals surface area (Å²) in [6, 6.07) is 14.3. The molecule has 0 aliphatic heterocycles. The van der Waals surface area contributed by atoms with Crippen LogP contribution in [0.25, 0.3) is 6.08 Å². The molecule has 27 heavy (non-hydrogen) atoms. The van der Waals surface area contributed by atoms with E-state index in [0.717, 1.165) is 5.56 Å². The van der Waals surface area contributed by atoms with Crippen LogP contribution in [0.5, 0.6) is 0 Å². The molecular formula is C20H20N2O5. The normalized spacial score (nSPS) is 11.7. The Morgan fingerprint density at radius 3 is 2.41 bits per heavy atom. The van der Waals surface area contributed by atoms with Gasteiger partial charge in [0.15, 0.2) is 0 Å². The fraction of sp³-hybridized carbons (Fsp3) is 0.200. The van der Waals surface area contributed by atoms with Gasteiger partial charge in [0, 0.05) is 24.6 Å². The maximum atomic E-state index is 12.2. The smallest absolute Gasteiger partial charge is 0.328 e. The number of carbonyl (C=O) groups is 2. The molecule has 0 heterocycles. The second-order valence-corrected chi connectivity index (χ2v) is 5.68. The lowest BCUT2D eigenvalue weighted by Gasteiger charge is -2.16. The summed E-state index contributed by atoms with van der Waals surface area (Å²) in [6.07, 6.45) is 3.11. The Kier molecular flexibility index (Phi) is 7.25. The summed E-state index contributed by atoms with van der Waals surface area (Å²) < 4.78 is 5.03. The molecule has 0 aromatic heterocycles. The number of nitrogens with zero attached hydrogens (tertiary/aromatic N) is 1. The summed E-state index contributed by atoms with van der Waals surface area (Å²) in [5.74, 6) is -0.958. The van der Waals surface area contributed by atoms with Crippen LogP contribution in [0, 0.1) is 10.1 Å². The minimum atomic E-state index is -0.804. The summed E-state index contributed by atoms with van der Waals surface area (Å²) in [7, 11) is 0. The molecule has 0 fully saturated rings. The minimum Gasteiger partial charge on any atom is -0.464 e. The number of rotatable bonds is 8. The molecule has 0 saturated carbocycles. The molecule has 0 radical (unpaired) electrons. The monoisotopic (exact) mass is 368 g/mol. The van der Waals surface area contributed by atoms with E-state index in [2.05, 4.69) is 5.32 Å². The average Bonchev–Trinajstić information content (AvgIpc) is 2.67. The zero-order valence-corrected chi connectivity index (χ0v) is 14.8. The first-order valence-electron chi connectivity index (χ1n) is 8.43. The third kappa shape index (κ3) is 6.39. The fourth-order valence-electron chi connectivity index (χ4n) is 2.38.